The van der Waals surface area contributed by atoms with E-state index in [0.717, 1.165) is 18.6 Å². The lowest BCUT2D eigenvalue weighted by molar-refractivity contribution is -0.149. The van der Waals surface area contributed by atoms with E-state index in [1.54, 1.807) is 7.11 Å². The standard InChI is InChI=1S/C15H19NO3/c1-19-12-5-6-13-10(7-12)3-2-4-14(13)16-8-11(9-16)15(17)18/h5-7,11,14H,2-4,8-9H2,1H3,(H,17,18). The van der Waals surface area contributed by atoms with Crippen LogP contribution in [0.1, 0.15) is 30.0 Å². The number of aryl methyl sites for hydroxylation is 1. The number of methoxy groups -OCH3 is 1. The molecule has 0 radical (unpaired) electrons. The van der Waals surface area contributed by atoms with Crippen molar-refractivity contribution in [2.75, 3.05) is 20.2 Å². The van der Waals surface area contributed by atoms with E-state index in [2.05, 4.69) is 17.0 Å². The van der Waals surface area contributed by atoms with Gasteiger partial charge in [0.05, 0.1) is 13.0 Å². The SMILES string of the molecule is COc1ccc2c(c1)CCCC2N1CC(C(=O)O)C1. The van der Waals surface area contributed by atoms with Gasteiger partial charge in [0.25, 0.3) is 0 Å². The summed E-state index contributed by atoms with van der Waals surface area (Å²) in [6.45, 7) is 1.37. The number of rotatable bonds is 3. The summed E-state index contributed by atoms with van der Waals surface area (Å²) in [6.07, 6.45) is 3.39. The van der Waals surface area contributed by atoms with Gasteiger partial charge in [0, 0.05) is 19.1 Å². The first-order chi connectivity index (χ1) is 9.19. The molecule has 0 amide bonds. The van der Waals surface area contributed by atoms with Crippen molar-refractivity contribution in [3.8, 4) is 5.75 Å². The summed E-state index contributed by atoms with van der Waals surface area (Å²) in [5.41, 5.74) is 2.71. The molecular weight excluding hydrogens is 242 g/mol. The fraction of sp³-hybridized carbons (Fsp3) is 0.533. The molecule has 1 fully saturated rings. The summed E-state index contributed by atoms with van der Waals surface area (Å²) < 4.78 is 5.27. The van der Waals surface area contributed by atoms with Gasteiger partial charge in [-0.3, -0.25) is 9.69 Å². The zero-order valence-electron chi connectivity index (χ0n) is 11.1. The number of ether oxygens (including phenoxy) is 1. The number of carboxylic acids is 1. The van der Waals surface area contributed by atoms with Gasteiger partial charge >= 0.3 is 5.97 Å². The summed E-state index contributed by atoms with van der Waals surface area (Å²) in [7, 11) is 1.69. The maximum atomic E-state index is 10.9. The third-order valence-corrected chi connectivity index (χ3v) is 4.33. The molecule has 1 aromatic carbocycles. The minimum atomic E-state index is -0.665. The van der Waals surface area contributed by atoms with Gasteiger partial charge in [-0.25, -0.2) is 0 Å². The Balaban J connectivity index is 1.78. The average Bonchev–Trinajstić information content (AvgIpc) is 2.36. The van der Waals surface area contributed by atoms with E-state index in [-0.39, 0.29) is 5.92 Å². The molecule has 0 bridgehead atoms. The topological polar surface area (TPSA) is 49.8 Å². The van der Waals surface area contributed by atoms with Crippen LogP contribution in [0.25, 0.3) is 0 Å². The van der Waals surface area contributed by atoms with Crippen molar-refractivity contribution < 1.29 is 14.6 Å². The van der Waals surface area contributed by atoms with Crippen LogP contribution in [0.2, 0.25) is 0 Å². The first-order valence-electron chi connectivity index (χ1n) is 6.82. The average molecular weight is 261 g/mol. The third-order valence-electron chi connectivity index (χ3n) is 4.33. The smallest absolute Gasteiger partial charge is 0.309 e. The van der Waals surface area contributed by atoms with Gasteiger partial charge in [0.1, 0.15) is 5.75 Å². The van der Waals surface area contributed by atoms with Crippen molar-refractivity contribution in [2.24, 2.45) is 5.92 Å². The molecular formula is C15H19NO3. The Kier molecular flexibility index (Phi) is 3.19. The van der Waals surface area contributed by atoms with Crippen LogP contribution < -0.4 is 4.74 Å². The Labute approximate surface area is 113 Å². The molecule has 1 saturated heterocycles. The predicted molar refractivity (Wildman–Crippen MR) is 71.4 cm³/mol. The molecule has 0 aromatic heterocycles. The van der Waals surface area contributed by atoms with Crippen molar-refractivity contribution in [3.05, 3.63) is 29.3 Å². The van der Waals surface area contributed by atoms with Crippen molar-refractivity contribution in [3.63, 3.8) is 0 Å². The summed E-state index contributed by atoms with van der Waals surface area (Å²) in [4.78, 5) is 13.2. The molecule has 1 N–H and O–H groups in total. The lowest BCUT2D eigenvalue weighted by Gasteiger charge is -2.44. The van der Waals surface area contributed by atoms with E-state index in [0.29, 0.717) is 19.1 Å². The Morgan fingerprint density at radius 2 is 2.21 bits per heavy atom. The van der Waals surface area contributed by atoms with E-state index in [1.165, 1.54) is 17.5 Å². The summed E-state index contributed by atoms with van der Waals surface area (Å²) in [5, 5.41) is 8.97. The zero-order valence-corrected chi connectivity index (χ0v) is 11.1. The molecule has 0 saturated carbocycles. The minimum Gasteiger partial charge on any atom is -0.497 e. The molecule has 1 unspecified atom stereocenters. The van der Waals surface area contributed by atoms with Crippen LogP contribution in [0.15, 0.2) is 18.2 Å². The lowest BCUT2D eigenvalue weighted by atomic mass is 9.84. The van der Waals surface area contributed by atoms with Crippen molar-refractivity contribution in [2.45, 2.75) is 25.3 Å². The third kappa shape index (κ3) is 2.21. The van der Waals surface area contributed by atoms with Crippen LogP contribution in [0.5, 0.6) is 5.75 Å². The van der Waals surface area contributed by atoms with Gasteiger partial charge < -0.3 is 9.84 Å². The number of aliphatic carboxylic acids is 1. The highest BCUT2D eigenvalue weighted by atomic mass is 16.5. The summed E-state index contributed by atoms with van der Waals surface area (Å²) in [6, 6.07) is 6.67. The Hall–Kier alpha value is -1.55. The highest BCUT2D eigenvalue weighted by molar-refractivity contribution is 5.71. The molecule has 1 aromatic rings. The van der Waals surface area contributed by atoms with E-state index in [4.69, 9.17) is 9.84 Å². The molecule has 1 atom stereocenters. The lowest BCUT2D eigenvalue weighted by Crippen LogP contribution is -2.52. The second-order valence-corrected chi connectivity index (χ2v) is 5.46. The second-order valence-electron chi connectivity index (χ2n) is 5.46. The van der Waals surface area contributed by atoms with Crippen molar-refractivity contribution in [1.29, 1.82) is 0 Å². The fourth-order valence-corrected chi connectivity index (χ4v) is 3.19. The first-order valence-corrected chi connectivity index (χ1v) is 6.82. The Bertz CT molecular complexity index is 494. The van der Waals surface area contributed by atoms with Gasteiger partial charge in [-0.05, 0) is 42.5 Å². The molecule has 4 nitrogen and oxygen atoms in total. The number of carbonyl (C=O) groups is 1. The largest absolute Gasteiger partial charge is 0.497 e. The van der Waals surface area contributed by atoms with Crippen LogP contribution in [0, 0.1) is 5.92 Å². The molecule has 4 heteroatoms. The van der Waals surface area contributed by atoms with Crippen LogP contribution in [-0.2, 0) is 11.2 Å². The van der Waals surface area contributed by atoms with Crippen LogP contribution in [0.3, 0.4) is 0 Å². The molecule has 2 aliphatic rings. The highest BCUT2D eigenvalue weighted by Gasteiger charge is 2.38. The van der Waals surface area contributed by atoms with Crippen LogP contribution in [-0.4, -0.2) is 36.2 Å². The van der Waals surface area contributed by atoms with E-state index in [9.17, 15) is 4.79 Å². The van der Waals surface area contributed by atoms with Gasteiger partial charge in [0.15, 0.2) is 0 Å². The normalized spacial score (nSPS) is 23.5. The summed E-state index contributed by atoms with van der Waals surface area (Å²) in [5.74, 6) is 0.0667. The van der Waals surface area contributed by atoms with E-state index in [1.807, 2.05) is 6.07 Å². The first kappa shape index (κ1) is 12.5. The number of hydrogen-bond acceptors (Lipinski definition) is 3. The molecule has 3 rings (SSSR count). The molecule has 1 aliphatic heterocycles. The molecule has 0 spiro atoms. The number of likely N-dealkylation sites (tertiary alicyclic amines) is 1. The quantitative estimate of drug-likeness (QED) is 0.905. The monoisotopic (exact) mass is 261 g/mol. The second kappa shape index (κ2) is 4.85. The van der Waals surface area contributed by atoms with Gasteiger partial charge in [-0.15, -0.1) is 0 Å². The Morgan fingerprint density at radius 3 is 2.89 bits per heavy atom. The number of nitrogens with zero attached hydrogens (tertiary/aromatic N) is 1. The Morgan fingerprint density at radius 1 is 1.42 bits per heavy atom. The highest BCUT2D eigenvalue weighted by Crippen LogP contribution is 2.39. The van der Waals surface area contributed by atoms with Gasteiger partial charge in [-0.2, -0.15) is 0 Å². The van der Waals surface area contributed by atoms with Crippen molar-refractivity contribution in [1.82, 2.24) is 4.90 Å². The zero-order chi connectivity index (χ0) is 13.4. The maximum Gasteiger partial charge on any atom is 0.309 e. The van der Waals surface area contributed by atoms with Gasteiger partial charge in [-0.1, -0.05) is 6.07 Å². The maximum absolute atomic E-state index is 10.9. The fourth-order valence-electron chi connectivity index (χ4n) is 3.19. The molecule has 19 heavy (non-hydrogen) atoms. The van der Waals surface area contributed by atoms with Crippen molar-refractivity contribution >= 4 is 5.97 Å². The predicted octanol–water partition coefficient (Wildman–Crippen LogP) is 2.09. The van der Waals surface area contributed by atoms with Gasteiger partial charge in [0.2, 0.25) is 0 Å². The van der Waals surface area contributed by atoms with E-state index < -0.39 is 5.97 Å². The number of hydrogen-bond donors (Lipinski definition) is 1. The number of fused-ring (bicyclic) bond motifs is 1. The van der Waals surface area contributed by atoms with E-state index >= 15 is 0 Å². The number of benzene rings is 1. The van der Waals surface area contributed by atoms with Crippen LogP contribution >= 0.6 is 0 Å². The minimum absolute atomic E-state index is 0.177. The summed E-state index contributed by atoms with van der Waals surface area (Å²) >= 11 is 0. The molecule has 1 heterocycles. The number of carboxylic acid groups (broad SMARTS) is 1. The van der Waals surface area contributed by atoms with Crippen LogP contribution in [0.4, 0.5) is 0 Å². The molecule has 1 aliphatic carbocycles. The molecule has 102 valence electrons.